The van der Waals surface area contributed by atoms with Crippen molar-refractivity contribution < 1.29 is 4.79 Å². The molecule has 0 fully saturated rings. The molecule has 0 heterocycles. The number of carbonyl (C=O) groups is 1. The molecule has 1 amide bonds. The topological polar surface area (TPSA) is 29.1 Å². The van der Waals surface area contributed by atoms with Gasteiger partial charge in [0, 0.05) is 15.7 Å². The lowest BCUT2D eigenvalue weighted by atomic mass is 10.1. The van der Waals surface area contributed by atoms with Crippen molar-refractivity contribution in [2.75, 3.05) is 5.32 Å². The second-order valence-corrected chi connectivity index (χ2v) is 5.04. The Morgan fingerprint density at radius 1 is 1.06 bits per heavy atom. The van der Waals surface area contributed by atoms with E-state index >= 15 is 0 Å². The Morgan fingerprint density at radius 2 is 1.61 bits per heavy atom. The first-order chi connectivity index (χ1) is 8.58. The Balaban J connectivity index is 2.23. The number of hydrogen-bond donors (Lipinski definition) is 1. The molecule has 0 unspecified atom stereocenters. The maximum atomic E-state index is 12.0. The zero-order valence-electron chi connectivity index (χ0n) is 10.3. The summed E-state index contributed by atoms with van der Waals surface area (Å²) in [4.78, 5) is 12.0. The predicted octanol–water partition coefficient (Wildman–Crippen LogP) is 4.32. The Labute approximate surface area is 115 Å². The van der Waals surface area contributed by atoms with Crippen molar-refractivity contribution in [3.8, 4) is 0 Å². The highest BCUT2D eigenvalue weighted by molar-refractivity contribution is 9.10. The molecule has 0 radical (unpaired) electrons. The molecule has 0 saturated carbocycles. The molecule has 0 aromatic heterocycles. The number of halogens is 1. The summed E-state index contributed by atoms with van der Waals surface area (Å²) in [7, 11) is 0. The van der Waals surface area contributed by atoms with Crippen molar-refractivity contribution >= 4 is 27.5 Å². The van der Waals surface area contributed by atoms with Crippen molar-refractivity contribution in [1.29, 1.82) is 0 Å². The molecule has 0 spiro atoms. The number of anilines is 1. The highest BCUT2D eigenvalue weighted by Crippen LogP contribution is 2.25. The molecule has 2 aromatic rings. The zero-order valence-corrected chi connectivity index (χ0v) is 11.9. The average molecular weight is 304 g/mol. The van der Waals surface area contributed by atoms with E-state index in [0.29, 0.717) is 5.56 Å². The molecule has 0 bridgehead atoms. The van der Waals surface area contributed by atoms with E-state index in [0.717, 1.165) is 21.3 Å². The molecular weight excluding hydrogens is 290 g/mol. The summed E-state index contributed by atoms with van der Waals surface area (Å²) < 4.78 is 1.08. The van der Waals surface area contributed by atoms with Gasteiger partial charge >= 0.3 is 0 Å². The van der Waals surface area contributed by atoms with Gasteiger partial charge < -0.3 is 5.32 Å². The molecule has 18 heavy (non-hydrogen) atoms. The minimum Gasteiger partial charge on any atom is -0.322 e. The van der Waals surface area contributed by atoms with Crippen LogP contribution in [-0.2, 0) is 0 Å². The third kappa shape index (κ3) is 2.79. The second-order valence-electron chi connectivity index (χ2n) is 4.24. The second kappa shape index (κ2) is 5.36. The Kier molecular flexibility index (Phi) is 3.82. The number of hydrogen-bond acceptors (Lipinski definition) is 1. The first-order valence-corrected chi connectivity index (χ1v) is 6.50. The van der Waals surface area contributed by atoms with Gasteiger partial charge in [-0.15, -0.1) is 0 Å². The number of benzene rings is 2. The van der Waals surface area contributed by atoms with Crippen molar-refractivity contribution in [2.45, 2.75) is 13.8 Å². The van der Waals surface area contributed by atoms with Gasteiger partial charge in [-0.2, -0.15) is 0 Å². The molecule has 3 heteroatoms. The minimum atomic E-state index is -0.0864. The van der Waals surface area contributed by atoms with Gasteiger partial charge in [0.2, 0.25) is 0 Å². The number of nitrogens with one attached hydrogen (secondary N) is 1. The summed E-state index contributed by atoms with van der Waals surface area (Å²) in [6.45, 7) is 4.02. The van der Waals surface area contributed by atoms with Crippen LogP contribution >= 0.6 is 15.9 Å². The van der Waals surface area contributed by atoms with E-state index < -0.39 is 0 Å². The number of rotatable bonds is 2. The predicted molar refractivity (Wildman–Crippen MR) is 78.0 cm³/mol. The maximum Gasteiger partial charge on any atom is 0.255 e. The minimum absolute atomic E-state index is 0.0864. The number of carbonyl (C=O) groups excluding carboxylic acids is 1. The van der Waals surface area contributed by atoms with E-state index in [4.69, 9.17) is 0 Å². The monoisotopic (exact) mass is 303 g/mol. The lowest BCUT2D eigenvalue weighted by Gasteiger charge is -2.09. The first kappa shape index (κ1) is 12.8. The van der Waals surface area contributed by atoms with Gasteiger partial charge in [-0.05, 0) is 49.2 Å². The van der Waals surface area contributed by atoms with Crippen LogP contribution in [-0.4, -0.2) is 5.91 Å². The van der Waals surface area contributed by atoms with Crippen LogP contribution in [0.3, 0.4) is 0 Å². The van der Waals surface area contributed by atoms with Crippen molar-refractivity contribution in [3.05, 3.63) is 63.6 Å². The summed E-state index contributed by atoms with van der Waals surface area (Å²) in [6, 6.07) is 13.1. The van der Waals surface area contributed by atoms with E-state index in [1.165, 1.54) is 0 Å². The fourth-order valence-corrected chi connectivity index (χ4v) is 2.04. The van der Waals surface area contributed by atoms with Crippen molar-refractivity contribution in [1.82, 2.24) is 0 Å². The summed E-state index contributed by atoms with van der Waals surface area (Å²) in [5.74, 6) is -0.0864. The molecule has 0 aliphatic rings. The van der Waals surface area contributed by atoms with Gasteiger partial charge in [0.15, 0.2) is 0 Å². The molecule has 0 aliphatic heterocycles. The number of aryl methyl sites for hydroxylation is 2. The third-order valence-electron chi connectivity index (χ3n) is 2.73. The van der Waals surface area contributed by atoms with Crippen molar-refractivity contribution in [3.63, 3.8) is 0 Å². The highest BCUT2D eigenvalue weighted by atomic mass is 79.9. The van der Waals surface area contributed by atoms with Crippen LogP contribution in [0.2, 0.25) is 0 Å². The van der Waals surface area contributed by atoms with Crippen LogP contribution in [0.15, 0.2) is 46.9 Å². The summed E-state index contributed by atoms with van der Waals surface area (Å²) >= 11 is 3.51. The molecule has 1 N–H and O–H groups in total. The van der Waals surface area contributed by atoms with Crippen LogP contribution < -0.4 is 5.32 Å². The van der Waals surface area contributed by atoms with Gasteiger partial charge in [0.05, 0.1) is 0 Å². The van der Waals surface area contributed by atoms with Gasteiger partial charge in [-0.1, -0.05) is 34.1 Å². The van der Waals surface area contributed by atoms with Crippen LogP contribution in [0.5, 0.6) is 0 Å². The summed E-state index contributed by atoms with van der Waals surface area (Å²) in [6.07, 6.45) is 0. The fraction of sp³-hybridized carbons (Fsp3) is 0.133. The van der Waals surface area contributed by atoms with Gasteiger partial charge in [-0.25, -0.2) is 0 Å². The smallest absolute Gasteiger partial charge is 0.255 e. The molecular formula is C15H14BrNO. The fourth-order valence-electron chi connectivity index (χ4n) is 1.81. The Morgan fingerprint density at radius 3 is 2.17 bits per heavy atom. The van der Waals surface area contributed by atoms with Gasteiger partial charge in [-0.3, -0.25) is 4.79 Å². The third-order valence-corrected chi connectivity index (χ3v) is 3.98. The standard InChI is InChI=1S/C15H14BrNO/c1-10-8-13(9-11(2)14(10)16)17-15(18)12-6-4-3-5-7-12/h3-9H,1-2H3,(H,17,18). The summed E-state index contributed by atoms with van der Waals surface area (Å²) in [5.41, 5.74) is 3.70. The molecule has 0 aliphatic carbocycles. The first-order valence-electron chi connectivity index (χ1n) is 5.71. The summed E-state index contributed by atoms with van der Waals surface area (Å²) in [5, 5.41) is 2.91. The largest absolute Gasteiger partial charge is 0.322 e. The Hall–Kier alpha value is -1.61. The van der Waals surface area contributed by atoms with Crippen molar-refractivity contribution in [2.24, 2.45) is 0 Å². The average Bonchev–Trinajstić information content (AvgIpc) is 2.37. The van der Waals surface area contributed by atoms with Crippen LogP contribution in [0.1, 0.15) is 21.5 Å². The molecule has 92 valence electrons. The van der Waals surface area contributed by atoms with E-state index in [1.54, 1.807) is 12.1 Å². The molecule has 2 nitrogen and oxygen atoms in total. The molecule has 0 saturated heterocycles. The quantitative estimate of drug-likeness (QED) is 0.879. The maximum absolute atomic E-state index is 12.0. The lowest BCUT2D eigenvalue weighted by Crippen LogP contribution is -2.11. The van der Waals surface area contributed by atoms with Crippen LogP contribution in [0, 0.1) is 13.8 Å². The van der Waals surface area contributed by atoms with Gasteiger partial charge in [0.1, 0.15) is 0 Å². The van der Waals surface area contributed by atoms with E-state index in [1.807, 2.05) is 44.2 Å². The number of amides is 1. The van der Waals surface area contributed by atoms with E-state index in [-0.39, 0.29) is 5.91 Å². The molecule has 2 rings (SSSR count). The van der Waals surface area contributed by atoms with Crippen LogP contribution in [0.25, 0.3) is 0 Å². The van der Waals surface area contributed by atoms with E-state index in [2.05, 4.69) is 21.2 Å². The lowest BCUT2D eigenvalue weighted by molar-refractivity contribution is 0.102. The molecule has 0 atom stereocenters. The Bertz CT molecular complexity index is 555. The van der Waals surface area contributed by atoms with Gasteiger partial charge in [0.25, 0.3) is 5.91 Å². The normalized spacial score (nSPS) is 10.2. The molecule has 2 aromatic carbocycles. The zero-order chi connectivity index (χ0) is 13.1. The highest BCUT2D eigenvalue weighted by Gasteiger charge is 2.07. The van der Waals surface area contributed by atoms with Crippen LogP contribution in [0.4, 0.5) is 5.69 Å². The SMILES string of the molecule is Cc1cc(NC(=O)c2ccccc2)cc(C)c1Br. The van der Waals surface area contributed by atoms with E-state index in [9.17, 15) is 4.79 Å².